The molecule has 2 aromatic heterocycles. The van der Waals surface area contributed by atoms with E-state index in [9.17, 15) is 13.2 Å². The van der Waals surface area contributed by atoms with Crippen molar-refractivity contribution < 1.29 is 13.2 Å². The lowest BCUT2D eigenvalue weighted by molar-refractivity contribution is 0.447. The number of rotatable bonds is 1. The summed E-state index contributed by atoms with van der Waals surface area (Å²) in [6, 6.07) is 5.50. The summed E-state index contributed by atoms with van der Waals surface area (Å²) in [5.74, 6) is -3.79. The number of hydrogen-bond acceptors (Lipinski definition) is 2. The van der Waals surface area contributed by atoms with Crippen molar-refractivity contribution in [3.8, 4) is 11.3 Å². The number of nitrogens with zero attached hydrogens (tertiary/aromatic N) is 2. The fourth-order valence-corrected chi connectivity index (χ4v) is 2.46. The highest BCUT2D eigenvalue weighted by molar-refractivity contribution is 5.75. The first-order valence-electron chi connectivity index (χ1n) is 6.28. The monoisotopic (exact) mass is 291 g/mol. The van der Waals surface area contributed by atoms with Crippen molar-refractivity contribution in [2.45, 2.75) is 13.8 Å². The quantitative estimate of drug-likeness (QED) is 0.696. The average Bonchev–Trinajstić information content (AvgIpc) is 2.72. The molecule has 0 amide bonds. The van der Waals surface area contributed by atoms with E-state index in [4.69, 9.17) is 5.73 Å². The molecule has 21 heavy (non-hydrogen) atoms. The zero-order valence-corrected chi connectivity index (χ0v) is 11.4. The molecule has 0 atom stereocenters. The molecule has 2 heterocycles. The summed E-state index contributed by atoms with van der Waals surface area (Å²) in [6.07, 6.45) is 0. The third-order valence-electron chi connectivity index (χ3n) is 3.34. The Morgan fingerprint density at radius 2 is 1.62 bits per heavy atom. The Kier molecular flexibility index (Phi) is 2.90. The lowest BCUT2D eigenvalue weighted by Crippen LogP contribution is -1.99. The Morgan fingerprint density at radius 3 is 2.24 bits per heavy atom. The van der Waals surface area contributed by atoms with Gasteiger partial charge in [0.25, 0.3) is 0 Å². The molecule has 0 aliphatic rings. The third-order valence-corrected chi connectivity index (χ3v) is 3.34. The minimum absolute atomic E-state index is 0.102. The number of nitrogens with two attached hydrogens (primary N) is 1. The normalized spacial score (nSPS) is 11.3. The summed E-state index contributed by atoms with van der Waals surface area (Å²) < 4.78 is 41.5. The Morgan fingerprint density at radius 1 is 1.00 bits per heavy atom. The van der Waals surface area contributed by atoms with Crippen molar-refractivity contribution in [2.24, 2.45) is 0 Å². The smallest absolute Gasteiger partial charge is 0.194 e. The first kappa shape index (κ1) is 13.5. The lowest BCUT2D eigenvalue weighted by Gasteiger charge is -2.04. The van der Waals surface area contributed by atoms with Gasteiger partial charge in [-0.3, -0.25) is 4.40 Å². The maximum atomic E-state index is 13.4. The van der Waals surface area contributed by atoms with Gasteiger partial charge in [0.15, 0.2) is 17.5 Å². The first-order valence-corrected chi connectivity index (χ1v) is 6.28. The Hall–Kier alpha value is -2.50. The predicted octanol–water partition coefficient (Wildman–Crippen LogP) is 3.62. The Labute approximate surface area is 118 Å². The van der Waals surface area contributed by atoms with Crippen LogP contribution in [-0.4, -0.2) is 9.38 Å². The van der Waals surface area contributed by atoms with E-state index in [1.54, 1.807) is 4.40 Å². The molecule has 0 bridgehead atoms. The van der Waals surface area contributed by atoms with Gasteiger partial charge in [0, 0.05) is 11.3 Å². The van der Waals surface area contributed by atoms with Crippen molar-refractivity contribution >= 4 is 11.5 Å². The highest BCUT2D eigenvalue weighted by Crippen LogP contribution is 2.30. The second-order valence-electron chi connectivity index (χ2n) is 4.97. The molecule has 2 N–H and O–H groups in total. The van der Waals surface area contributed by atoms with Crippen molar-refractivity contribution in [1.82, 2.24) is 9.38 Å². The van der Waals surface area contributed by atoms with Crippen LogP contribution in [0.4, 0.5) is 19.0 Å². The van der Waals surface area contributed by atoms with Gasteiger partial charge in [0.2, 0.25) is 0 Å². The first-order chi connectivity index (χ1) is 9.88. The molecular formula is C15H12F3N3. The fraction of sp³-hybridized carbons (Fsp3) is 0.133. The van der Waals surface area contributed by atoms with Crippen LogP contribution in [0.25, 0.3) is 16.9 Å². The largest absolute Gasteiger partial charge is 0.383 e. The molecular weight excluding hydrogens is 279 g/mol. The summed E-state index contributed by atoms with van der Waals surface area (Å²) in [5.41, 5.74) is 8.77. The zero-order valence-electron chi connectivity index (χ0n) is 11.4. The highest BCUT2D eigenvalue weighted by Gasteiger charge is 2.17. The highest BCUT2D eigenvalue weighted by atomic mass is 19.2. The molecule has 0 spiro atoms. The number of hydrogen-bond donors (Lipinski definition) is 1. The molecule has 0 saturated heterocycles. The number of aromatic nitrogens is 2. The number of fused-ring (bicyclic) bond motifs is 1. The molecule has 0 aliphatic carbocycles. The second-order valence-corrected chi connectivity index (χ2v) is 4.97. The van der Waals surface area contributed by atoms with E-state index in [1.165, 1.54) is 0 Å². The van der Waals surface area contributed by atoms with E-state index in [0.717, 1.165) is 23.4 Å². The molecule has 0 saturated carbocycles. The van der Waals surface area contributed by atoms with Gasteiger partial charge in [0.1, 0.15) is 17.2 Å². The van der Waals surface area contributed by atoms with Crippen LogP contribution in [0, 0.1) is 31.3 Å². The lowest BCUT2D eigenvalue weighted by atomic mass is 10.1. The van der Waals surface area contributed by atoms with E-state index < -0.39 is 17.5 Å². The number of benzene rings is 1. The molecule has 0 aliphatic heterocycles. The number of aryl methyl sites for hydroxylation is 2. The maximum absolute atomic E-state index is 13.4. The molecule has 3 aromatic rings. The third kappa shape index (κ3) is 2.03. The van der Waals surface area contributed by atoms with Gasteiger partial charge in [-0.25, -0.2) is 18.2 Å². The van der Waals surface area contributed by atoms with E-state index in [2.05, 4.69) is 4.98 Å². The van der Waals surface area contributed by atoms with Gasteiger partial charge in [-0.1, -0.05) is 0 Å². The second kappa shape index (κ2) is 4.51. The van der Waals surface area contributed by atoms with Gasteiger partial charge in [0.05, 0.1) is 0 Å². The minimum atomic E-state index is -1.51. The van der Waals surface area contributed by atoms with Crippen molar-refractivity contribution in [1.29, 1.82) is 0 Å². The van der Waals surface area contributed by atoms with Crippen LogP contribution in [-0.2, 0) is 0 Å². The van der Waals surface area contributed by atoms with Crippen LogP contribution < -0.4 is 5.73 Å². The Bertz CT molecular complexity index is 845. The number of nitrogen functional groups attached to an aromatic ring is 1. The van der Waals surface area contributed by atoms with Crippen LogP contribution in [0.1, 0.15) is 11.3 Å². The van der Waals surface area contributed by atoms with Gasteiger partial charge in [-0.2, -0.15) is 0 Å². The zero-order chi connectivity index (χ0) is 15.3. The van der Waals surface area contributed by atoms with Gasteiger partial charge in [-0.15, -0.1) is 0 Å². The molecule has 1 aromatic carbocycles. The van der Waals surface area contributed by atoms with Crippen LogP contribution in [0.5, 0.6) is 0 Å². The molecule has 0 radical (unpaired) electrons. The molecule has 6 heteroatoms. The van der Waals surface area contributed by atoms with E-state index in [-0.39, 0.29) is 17.1 Å². The average molecular weight is 291 g/mol. The fourth-order valence-electron chi connectivity index (χ4n) is 2.46. The number of anilines is 1. The van der Waals surface area contributed by atoms with Crippen LogP contribution in [0.3, 0.4) is 0 Å². The summed E-state index contributed by atoms with van der Waals surface area (Å²) in [4.78, 5) is 4.30. The van der Waals surface area contributed by atoms with Crippen LogP contribution in [0.2, 0.25) is 0 Å². The maximum Gasteiger partial charge on any atom is 0.194 e. The summed E-state index contributed by atoms with van der Waals surface area (Å²) in [5, 5.41) is 0. The molecule has 3 rings (SSSR count). The van der Waals surface area contributed by atoms with Gasteiger partial charge in [-0.05, 0) is 43.7 Å². The van der Waals surface area contributed by atoms with Crippen LogP contribution >= 0.6 is 0 Å². The SMILES string of the molecule is Cc1cc(C)n2c(N)c(-c3cc(F)c(F)c(F)c3)nc2c1. The molecule has 0 unspecified atom stereocenters. The Balaban J connectivity index is 2.31. The molecule has 108 valence electrons. The topological polar surface area (TPSA) is 43.3 Å². The molecule has 3 nitrogen and oxygen atoms in total. The van der Waals surface area contributed by atoms with E-state index in [0.29, 0.717) is 5.65 Å². The number of imidazole rings is 1. The van der Waals surface area contributed by atoms with Crippen LogP contribution in [0.15, 0.2) is 24.3 Å². The number of pyridine rings is 1. The summed E-state index contributed by atoms with van der Waals surface area (Å²) in [7, 11) is 0. The minimum Gasteiger partial charge on any atom is -0.383 e. The standard InChI is InChI=1S/C15H12F3N3/c1-7-3-8(2)21-12(4-7)20-14(15(21)19)9-5-10(16)13(18)11(17)6-9/h3-6H,19H2,1-2H3. The van der Waals surface area contributed by atoms with Crippen molar-refractivity contribution in [2.75, 3.05) is 5.73 Å². The number of halogens is 3. The van der Waals surface area contributed by atoms with E-state index in [1.807, 2.05) is 26.0 Å². The van der Waals surface area contributed by atoms with Gasteiger partial charge >= 0.3 is 0 Å². The molecule has 0 fully saturated rings. The summed E-state index contributed by atoms with van der Waals surface area (Å²) >= 11 is 0. The van der Waals surface area contributed by atoms with Crippen molar-refractivity contribution in [3.05, 3.63) is 53.0 Å². The summed E-state index contributed by atoms with van der Waals surface area (Å²) in [6.45, 7) is 3.77. The van der Waals surface area contributed by atoms with E-state index >= 15 is 0 Å². The van der Waals surface area contributed by atoms with Crippen molar-refractivity contribution in [3.63, 3.8) is 0 Å². The van der Waals surface area contributed by atoms with Gasteiger partial charge < -0.3 is 5.73 Å². The predicted molar refractivity (Wildman–Crippen MR) is 74.4 cm³/mol.